The van der Waals surface area contributed by atoms with Crippen molar-refractivity contribution in [1.82, 2.24) is 14.4 Å². The van der Waals surface area contributed by atoms with E-state index in [9.17, 15) is 8.42 Å². The maximum Gasteiger partial charge on any atom is 0.278 e. The number of aromatic nitrogens is 3. The number of imidazole rings is 1. The zero-order chi connectivity index (χ0) is 11.1. The van der Waals surface area contributed by atoms with Gasteiger partial charge in [-0.05, 0) is 0 Å². The lowest BCUT2D eigenvalue weighted by atomic mass is 10.6. The molecule has 0 unspecified atom stereocenters. The van der Waals surface area contributed by atoms with Gasteiger partial charge in [-0.25, -0.2) is 17.8 Å². The predicted molar refractivity (Wildman–Crippen MR) is 52.6 cm³/mol. The Morgan fingerprint density at radius 3 is 2.73 bits per heavy atom. The van der Waals surface area contributed by atoms with Gasteiger partial charge in [-0.2, -0.15) is 0 Å². The Balaban J connectivity index is 2.89. The maximum atomic E-state index is 11.2. The predicted octanol–water partition coefficient (Wildman–Crippen LogP) is 0.665. The van der Waals surface area contributed by atoms with E-state index in [1.54, 1.807) is 0 Å². The van der Waals surface area contributed by atoms with Gasteiger partial charge < -0.3 is 4.74 Å². The zero-order valence-corrected chi connectivity index (χ0v) is 9.16. The highest BCUT2D eigenvalue weighted by molar-refractivity contribution is 8.13. The Bertz CT molecular complexity index is 607. The fourth-order valence-electron chi connectivity index (χ4n) is 1.20. The van der Waals surface area contributed by atoms with E-state index in [0.29, 0.717) is 5.65 Å². The van der Waals surface area contributed by atoms with Crippen LogP contribution in [0.1, 0.15) is 0 Å². The van der Waals surface area contributed by atoms with Crippen LogP contribution in [0.2, 0.25) is 0 Å². The molecule has 0 aliphatic rings. The number of fused-ring (bicyclic) bond motifs is 1. The van der Waals surface area contributed by atoms with Crippen LogP contribution in [0.3, 0.4) is 0 Å². The van der Waals surface area contributed by atoms with Gasteiger partial charge in [0, 0.05) is 10.7 Å². The molecule has 0 amide bonds. The highest BCUT2D eigenvalue weighted by Gasteiger charge is 2.18. The summed E-state index contributed by atoms with van der Waals surface area (Å²) >= 11 is 0. The van der Waals surface area contributed by atoms with Crippen molar-refractivity contribution in [3.05, 3.63) is 18.6 Å². The van der Waals surface area contributed by atoms with Crippen molar-refractivity contribution < 1.29 is 13.2 Å². The molecule has 2 aromatic heterocycles. The molecule has 80 valence electrons. The van der Waals surface area contributed by atoms with E-state index in [4.69, 9.17) is 15.4 Å². The summed E-state index contributed by atoms with van der Waals surface area (Å²) in [5, 5.41) is -0.140. The van der Waals surface area contributed by atoms with E-state index in [2.05, 4.69) is 9.97 Å². The number of rotatable bonds is 2. The van der Waals surface area contributed by atoms with Crippen LogP contribution in [0.25, 0.3) is 5.65 Å². The summed E-state index contributed by atoms with van der Waals surface area (Å²) in [5.74, 6) is 0.254. The van der Waals surface area contributed by atoms with Crippen LogP contribution in [0.15, 0.2) is 23.6 Å². The lowest BCUT2D eigenvalue weighted by molar-refractivity contribution is 0.385. The van der Waals surface area contributed by atoms with Crippen LogP contribution in [0, 0.1) is 0 Å². The van der Waals surface area contributed by atoms with Crippen LogP contribution in [0.5, 0.6) is 5.88 Å². The zero-order valence-electron chi connectivity index (χ0n) is 7.58. The summed E-state index contributed by atoms with van der Waals surface area (Å²) in [5.41, 5.74) is 0.355. The van der Waals surface area contributed by atoms with Gasteiger partial charge in [0.05, 0.1) is 25.7 Å². The first kappa shape index (κ1) is 10.2. The third kappa shape index (κ3) is 1.64. The molecule has 0 aliphatic heterocycles. The van der Waals surface area contributed by atoms with Crippen molar-refractivity contribution in [2.24, 2.45) is 0 Å². The molecule has 0 spiro atoms. The highest BCUT2D eigenvalue weighted by Crippen LogP contribution is 2.21. The normalized spacial score (nSPS) is 11.9. The average Bonchev–Trinajstić information content (AvgIpc) is 2.59. The topological polar surface area (TPSA) is 73.6 Å². The summed E-state index contributed by atoms with van der Waals surface area (Å²) in [6, 6.07) is 0. The highest BCUT2D eigenvalue weighted by atomic mass is 35.7. The Morgan fingerprint density at radius 2 is 2.13 bits per heavy atom. The third-order valence-electron chi connectivity index (χ3n) is 1.81. The Kier molecular flexibility index (Phi) is 2.28. The largest absolute Gasteiger partial charge is 0.481 e. The molecule has 2 rings (SSSR count). The third-order valence-corrected chi connectivity index (χ3v) is 3.07. The summed E-state index contributed by atoms with van der Waals surface area (Å²) in [4.78, 5) is 7.68. The van der Waals surface area contributed by atoms with Gasteiger partial charge in [-0.3, -0.25) is 4.98 Å². The van der Waals surface area contributed by atoms with Gasteiger partial charge in [-0.1, -0.05) is 0 Å². The Labute approximate surface area is 89.9 Å². The minimum absolute atomic E-state index is 0.140. The van der Waals surface area contributed by atoms with Crippen molar-refractivity contribution in [2.45, 2.75) is 5.03 Å². The number of hydrogen-bond acceptors (Lipinski definition) is 5. The number of ether oxygens (including phenoxy) is 1. The van der Waals surface area contributed by atoms with Crippen molar-refractivity contribution in [3.8, 4) is 5.88 Å². The monoisotopic (exact) mass is 247 g/mol. The summed E-state index contributed by atoms with van der Waals surface area (Å²) in [7, 11) is 2.79. The van der Waals surface area contributed by atoms with E-state index in [1.165, 1.54) is 23.9 Å². The van der Waals surface area contributed by atoms with Gasteiger partial charge >= 0.3 is 0 Å². The number of halogens is 1. The molecule has 0 atom stereocenters. The number of hydrogen-bond donors (Lipinski definition) is 0. The molecule has 0 saturated heterocycles. The molecule has 0 radical (unpaired) electrons. The maximum absolute atomic E-state index is 11.2. The minimum atomic E-state index is -3.85. The molecule has 6 nitrogen and oxygen atoms in total. The van der Waals surface area contributed by atoms with Crippen LogP contribution in [-0.2, 0) is 9.05 Å². The van der Waals surface area contributed by atoms with E-state index < -0.39 is 9.05 Å². The molecule has 0 aliphatic carbocycles. The molecule has 15 heavy (non-hydrogen) atoms. The van der Waals surface area contributed by atoms with Crippen LogP contribution in [-0.4, -0.2) is 29.9 Å². The molecule has 0 saturated carbocycles. The lowest BCUT2D eigenvalue weighted by Crippen LogP contribution is -2.01. The van der Waals surface area contributed by atoms with Gasteiger partial charge in [0.2, 0.25) is 5.88 Å². The Hall–Kier alpha value is -1.34. The summed E-state index contributed by atoms with van der Waals surface area (Å²) in [6.07, 6.45) is 3.94. The first-order valence-corrected chi connectivity index (χ1v) is 6.15. The summed E-state index contributed by atoms with van der Waals surface area (Å²) < 4.78 is 28.6. The van der Waals surface area contributed by atoms with E-state index >= 15 is 0 Å². The lowest BCUT2D eigenvalue weighted by Gasteiger charge is -2.04. The minimum Gasteiger partial charge on any atom is -0.481 e. The Morgan fingerprint density at radius 1 is 1.40 bits per heavy atom. The molecule has 0 bridgehead atoms. The second kappa shape index (κ2) is 3.35. The molecule has 2 aromatic rings. The first-order chi connectivity index (χ1) is 7.04. The van der Waals surface area contributed by atoms with Crippen molar-refractivity contribution in [2.75, 3.05) is 7.11 Å². The molecular formula is C7H6ClN3O3S. The van der Waals surface area contributed by atoms with Crippen molar-refractivity contribution >= 4 is 25.4 Å². The van der Waals surface area contributed by atoms with Crippen LogP contribution in [0.4, 0.5) is 0 Å². The fourth-order valence-corrected chi connectivity index (χ4v) is 2.11. The van der Waals surface area contributed by atoms with E-state index in [-0.39, 0.29) is 10.9 Å². The number of methoxy groups -OCH3 is 1. The SMILES string of the molecule is COc1cncc2ncc(S(=O)(=O)Cl)n12. The van der Waals surface area contributed by atoms with Gasteiger partial charge in [-0.15, -0.1) is 0 Å². The smallest absolute Gasteiger partial charge is 0.278 e. The standard InChI is InChI=1S/C7H6ClN3O3S/c1-14-6-3-9-2-5-10-4-7(11(5)6)15(8,12)13/h2-4H,1H3. The fraction of sp³-hybridized carbons (Fsp3) is 0.143. The van der Waals surface area contributed by atoms with Gasteiger partial charge in [0.15, 0.2) is 10.7 Å². The summed E-state index contributed by atoms with van der Waals surface area (Å²) in [6.45, 7) is 0. The van der Waals surface area contributed by atoms with E-state index in [1.807, 2.05) is 0 Å². The molecule has 2 heterocycles. The van der Waals surface area contributed by atoms with Crippen LogP contribution < -0.4 is 4.74 Å². The molecular weight excluding hydrogens is 242 g/mol. The van der Waals surface area contributed by atoms with Crippen LogP contribution >= 0.6 is 10.7 Å². The molecule has 0 N–H and O–H groups in total. The van der Waals surface area contributed by atoms with Gasteiger partial charge in [0.1, 0.15) is 0 Å². The molecule has 8 heteroatoms. The van der Waals surface area contributed by atoms with Crippen molar-refractivity contribution in [1.29, 1.82) is 0 Å². The average molecular weight is 248 g/mol. The number of nitrogens with zero attached hydrogens (tertiary/aromatic N) is 3. The van der Waals surface area contributed by atoms with Crippen molar-refractivity contribution in [3.63, 3.8) is 0 Å². The second-order valence-electron chi connectivity index (χ2n) is 2.68. The quantitative estimate of drug-likeness (QED) is 0.729. The van der Waals surface area contributed by atoms with E-state index in [0.717, 1.165) is 6.20 Å². The first-order valence-electron chi connectivity index (χ1n) is 3.84. The second-order valence-corrected chi connectivity index (χ2v) is 5.19. The molecule has 0 fully saturated rings. The molecule has 0 aromatic carbocycles. The van der Waals surface area contributed by atoms with Gasteiger partial charge in [0.25, 0.3) is 9.05 Å².